The van der Waals surface area contributed by atoms with Crippen molar-refractivity contribution in [2.75, 3.05) is 73.0 Å². The lowest BCUT2D eigenvalue weighted by atomic mass is 10.1. The molecule has 0 bridgehead atoms. The van der Waals surface area contributed by atoms with Crippen molar-refractivity contribution in [1.29, 1.82) is 0 Å². The standard InChI is InChI=1S/C17H36N6O.HI/c1-6-18-17(20-13-16(24)21(4)5)19-12-15(3)14-23-10-8-22(7-2)9-11-23;/h15H,6-14H2,1-5H3,(H2,18,19,20);1H. The third-order valence-corrected chi connectivity index (χ3v) is 4.32. The molecule has 1 fully saturated rings. The van der Waals surface area contributed by atoms with Gasteiger partial charge in [-0.2, -0.15) is 0 Å². The molecule has 1 heterocycles. The van der Waals surface area contributed by atoms with E-state index in [-0.39, 0.29) is 36.4 Å². The smallest absolute Gasteiger partial charge is 0.243 e. The van der Waals surface area contributed by atoms with Gasteiger partial charge in [-0.15, -0.1) is 24.0 Å². The van der Waals surface area contributed by atoms with Gasteiger partial charge in [0, 0.05) is 59.9 Å². The summed E-state index contributed by atoms with van der Waals surface area (Å²) in [7, 11) is 3.50. The average molecular weight is 468 g/mol. The van der Waals surface area contributed by atoms with Crippen molar-refractivity contribution in [2.45, 2.75) is 20.8 Å². The molecule has 1 aliphatic rings. The number of nitrogens with zero attached hydrogens (tertiary/aromatic N) is 4. The molecule has 2 N–H and O–H groups in total. The quantitative estimate of drug-likeness (QED) is 0.309. The fraction of sp³-hybridized carbons (Fsp3) is 0.882. The predicted octanol–water partition coefficient (Wildman–Crippen LogP) is 0.521. The number of hydrogen-bond acceptors (Lipinski definition) is 4. The maximum absolute atomic E-state index is 11.7. The highest BCUT2D eigenvalue weighted by Gasteiger charge is 2.17. The third-order valence-electron chi connectivity index (χ3n) is 4.32. The molecule has 148 valence electrons. The summed E-state index contributed by atoms with van der Waals surface area (Å²) in [6, 6.07) is 0. The maximum atomic E-state index is 11.7. The molecule has 0 saturated carbocycles. The van der Waals surface area contributed by atoms with Crippen molar-refractivity contribution in [1.82, 2.24) is 25.3 Å². The molecule has 1 saturated heterocycles. The van der Waals surface area contributed by atoms with Gasteiger partial charge >= 0.3 is 0 Å². The highest BCUT2D eigenvalue weighted by atomic mass is 127. The van der Waals surface area contributed by atoms with Crippen LogP contribution in [0.25, 0.3) is 0 Å². The minimum atomic E-state index is 0. The van der Waals surface area contributed by atoms with Gasteiger partial charge in [-0.25, -0.2) is 4.99 Å². The minimum Gasteiger partial charge on any atom is -0.357 e. The Bertz CT molecular complexity index is 397. The van der Waals surface area contributed by atoms with Crippen LogP contribution in [-0.2, 0) is 4.79 Å². The second-order valence-electron chi connectivity index (χ2n) is 6.70. The molecule has 0 spiro atoms. The zero-order valence-corrected chi connectivity index (χ0v) is 18.9. The van der Waals surface area contributed by atoms with Crippen LogP contribution in [-0.4, -0.2) is 99.6 Å². The lowest BCUT2D eigenvalue weighted by Crippen LogP contribution is -2.48. The molecule has 1 aliphatic heterocycles. The number of guanidine groups is 1. The number of rotatable bonds is 8. The molecule has 0 aromatic carbocycles. The van der Waals surface area contributed by atoms with Gasteiger partial charge in [0.05, 0.1) is 0 Å². The van der Waals surface area contributed by atoms with E-state index in [1.807, 2.05) is 6.92 Å². The minimum absolute atomic E-state index is 0. The molecule has 7 nitrogen and oxygen atoms in total. The average Bonchev–Trinajstić information content (AvgIpc) is 2.57. The number of nitrogens with one attached hydrogen (secondary N) is 2. The van der Waals surface area contributed by atoms with Crippen LogP contribution in [0.15, 0.2) is 4.99 Å². The fourth-order valence-electron chi connectivity index (χ4n) is 2.69. The number of carbonyl (C=O) groups excluding carboxylic acids is 1. The summed E-state index contributed by atoms with van der Waals surface area (Å²) >= 11 is 0. The van der Waals surface area contributed by atoms with E-state index < -0.39 is 0 Å². The van der Waals surface area contributed by atoms with Crippen molar-refractivity contribution in [2.24, 2.45) is 10.9 Å². The number of amides is 1. The van der Waals surface area contributed by atoms with Gasteiger partial charge in [0.25, 0.3) is 0 Å². The van der Waals surface area contributed by atoms with E-state index in [1.165, 1.54) is 13.1 Å². The van der Waals surface area contributed by atoms with Crippen LogP contribution in [0.1, 0.15) is 20.8 Å². The van der Waals surface area contributed by atoms with Gasteiger partial charge in [-0.05, 0) is 19.4 Å². The van der Waals surface area contributed by atoms with Gasteiger partial charge in [-0.3, -0.25) is 4.79 Å². The zero-order valence-electron chi connectivity index (χ0n) is 16.5. The van der Waals surface area contributed by atoms with Crippen LogP contribution in [0, 0.1) is 5.92 Å². The van der Waals surface area contributed by atoms with Crippen LogP contribution in [0.4, 0.5) is 0 Å². The van der Waals surface area contributed by atoms with E-state index >= 15 is 0 Å². The van der Waals surface area contributed by atoms with Crippen molar-refractivity contribution in [3.05, 3.63) is 0 Å². The Labute approximate surface area is 170 Å². The normalized spacial score (nSPS) is 17.6. The van der Waals surface area contributed by atoms with E-state index in [1.54, 1.807) is 19.0 Å². The molecule has 1 unspecified atom stereocenters. The van der Waals surface area contributed by atoms with Crippen LogP contribution in [0.3, 0.4) is 0 Å². The molecule has 8 heteroatoms. The third kappa shape index (κ3) is 10.2. The topological polar surface area (TPSA) is 63.2 Å². The highest BCUT2D eigenvalue weighted by Crippen LogP contribution is 2.05. The van der Waals surface area contributed by atoms with E-state index in [0.29, 0.717) is 5.92 Å². The molecule has 0 aliphatic carbocycles. The summed E-state index contributed by atoms with van der Waals surface area (Å²) in [6.07, 6.45) is 0. The molecule has 1 amide bonds. The van der Waals surface area contributed by atoms with Gasteiger partial charge in [0.1, 0.15) is 6.54 Å². The van der Waals surface area contributed by atoms with Crippen LogP contribution < -0.4 is 10.6 Å². The first-order chi connectivity index (χ1) is 11.5. The molecular weight excluding hydrogens is 431 g/mol. The van der Waals surface area contributed by atoms with Crippen molar-refractivity contribution in [3.8, 4) is 0 Å². The lowest BCUT2D eigenvalue weighted by molar-refractivity contribution is -0.127. The summed E-state index contributed by atoms with van der Waals surface area (Å²) < 4.78 is 0. The van der Waals surface area contributed by atoms with Gasteiger partial charge in [0.15, 0.2) is 5.96 Å². The molecule has 0 radical (unpaired) electrons. The Morgan fingerprint density at radius 2 is 1.72 bits per heavy atom. The number of piperazine rings is 1. The predicted molar refractivity (Wildman–Crippen MR) is 116 cm³/mol. The number of halogens is 1. The first-order valence-electron chi connectivity index (χ1n) is 9.13. The lowest BCUT2D eigenvalue weighted by Gasteiger charge is -2.35. The molecule has 25 heavy (non-hydrogen) atoms. The first-order valence-corrected chi connectivity index (χ1v) is 9.13. The Kier molecular flexibility index (Phi) is 13.2. The largest absolute Gasteiger partial charge is 0.357 e. The van der Waals surface area contributed by atoms with Gasteiger partial charge in [-0.1, -0.05) is 13.8 Å². The second kappa shape index (κ2) is 13.6. The van der Waals surface area contributed by atoms with E-state index in [4.69, 9.17) is 0 Å². The molecule has 1 atom stereocenters. The molecule has 0 aromatic rings. The van der Waals surface area contributed by atoms with Crippen LogP contribution >= 0.6 is 24.0 Å². The summed E-state index contributed by atoms with van der Waals surface area (Å²) in [5.74, 6) is 1.26. The van der Waals surface area contributed by atoms with Gasteiger partial charge < -0.3 is 25.3 Å². The van der Waals surface area contributed by atoms with E-state index in [0.717, 1.165) is 45.2 Å². The van der Waals surface area contributed by atoms with E-state index in [2.05, 4.69) is 39.3 Å². The van der Waals surface area contributed by atoms with E-state index in [9.17, 15) is 4.79 Å². The summed E-state index contributed by atoms with van der Waals surface area (Å²) in [5.41, 5.74) is 0. The number of hydrogen-bond donors (Lipinski definition) is 2. The van der Waals surface area contributed by atoms with Crippen molar-refractivity contribution < 1.29 is 4.79 Å². The second-order valence-corrected chi connectivity index (χ2v) is 6.70. The molecular formula is C17H37IN6O. The summed E-state index contributed by atoms with van der Waals surface area (Å²) in [6.45, 7) is 15.2. The molecule has 1 rings (SSSR count). The monoisotopic (exact) mass is 468 g/mol. The first kappa shape index (κ1) is 24.4. The van der Waals surface area contributed by atoms with Crippen molar-refractivity contribution >= 4 is 35.8 Å². The Hall–Kier alpha value is -0.610. The zero-order chi connectivity index (χ0) is 17.9. The number of likely N-dealkylation sites (N-methyl/N-ethyl adjacent to an activating group) is 2. The SMILES string of the molecule is CCNC(=NCC(=O)N(C)C)NCC(C)CN1CCN(CC)CC1.I. The summed E-state index contributed by atoms with van der Waals surface area (Å²) in [4.78, 5) is 22.6. The highest BCUT2D eigenvalue weighted by molar-refractivity contribution is 14.0. The molecule has 0 aromatic heterocycles. The Morgan fingerprint density at radius 3 is 2.24 bits per heavy atom. The van der Waals surface area contributed by atoms with Crippen LogP contribution in [0.5, 0.6) is 0 Å². The fourth-order valence-corrected chi connectivity index (χ4v) is 2.69. The van der Waals surface area contributed by atoms with Crippen molar-refractivity contribution in [3.63, 3.8) is 0 Å². The van der Waals surface area contributed by atoms with Crippen LogP contribution in [0.2, 0.25) is 0 Å². The Morgan fingerprint density at radius 1 is 1.12 bits per heavy atom. The number of aliphatic imine (C=N–C) groups is 1. The van der Waals surface area contributed by atoms with Gasteiger partial charge in [0.2, 0.25) is 5.91 Å². The Balaban J connectivity index is 0.00000576. The number of carbonyl (C=O) groups is 1. The maximum Gasteiger partial charge on any atom is 0.243 e. The summed E-state index contributed by atoms with van der Waals surface area (Å²) in [5, 5.41) is 6.55.